The summed E-state index contributed by atoms with van der Waals surface area (Å²) in [6.45, 7) is 3.43. The van der Waals surface area contributed by atoms with Crippen molar-refractivity contribution in [2.45, 2.75) is 37.8 Å². The predicted molar refractivity (Wildman–Crippen MR) is 176 cm³/mol. The van der Waals surface area contributed by atoms with E-state index in [0.717, 1.165) is 26.6 Å². The Labute approximate surface area is 267 Å². The second-order valence-corrected chi connectivity index (χ2v) is 13.1. The molecule has 0 saturated carbocycles. The van der Waals surface area contributed by atoms with Crippen molar-refractivity contribution in [1.82, 2.24) is 10.2 Å². The van der Waals surface area contributed by atoms with Gasteiger partial charge >= 0.3 is 0 Å². The van der Waals surface area contributed by atoms with Gasteiger partial charge in [0.2, 0.25) is 11.8 Å². The Morgan fingerprint density at radius 3 is 2.18 bits per heavy atom. The van der Waals surface area contributed by atoms with E-state index in [1.807, 2.05) is 68.4 Å². The highest BCUT2D eigenvalue weighted by Gasteiger charge is 2.34. The molecule has 0 spiro atoms. The fourth-order valence-electron chi connectivity index (χ4n) is 4.87. The van der Waals surface area contributed by atoms with Gasteiger partial charge in [-0.1, -0.05) is 72.3 Å². The molecule has 4 rings (SSSR count). The molecule has 0 fully saturated rings. The Morgan fingerprint density at radius 1 is 0.909 bits per heavy atom. The summed E-state index contributed by atoms with van der Waals surface area (Å²) in [5.41, 5.74) is 3.94. The lowest BCUT2D eigenvalue weighted by molar-refractivity contribution is -0.139. The van der Waals surface area contributed by atoms with Gasteiger partial charge in [-0.05, 0) is 76.8 Å². The van der Waals surface area contributed by atoms with E-state index >= 15 is 0 Å². The highest BCUT2D eigenvalue weighted by atomic mass is 79.9. The number of carbonyl (C=O) groups excluding carboxylic acids is 2. The number of rotatable bonds is 12. The number of nitrogens with zero attached hydrogens (tertiary/aromatic N) is 2. The van der Waals surface area contributed by atoms with Crippen LogP contribution in [-0.2, 0) is 32.6 Å². The van der Waals surface area contributed by atoms with E-state index in [1.54, 1.807) is 30.3 Å². The summed E-state index contributed by atoms with van der Waals surface area (Å²) in [6, 6.07) is 27.5. The molecular formula is C34H36BrN3O5S. The Balaban J connectivity index is 1.80. The van der Waals surface area contributed by atoms with Crippen LogP contribution in [-0.4, -0.2) is 51.9 Å². The van der Waals surface area contributed by atoms with Crippen molar-refractivity contribution < 1.29 is 22.7 Å². The number of hydrogen-bond donors (Lipinski definition) is 1. The first-order valence-corrected chi connectivity index (χ1v) is 16.3. The molecule has 0 heterocycles. The number of ether oxygens (including phenoxy) is 1. The zero-order valence-corrected chi connectivity index (χ0v) is 27.6. The summed E-state index contributed by atoms with van der Waals surface area (Å²) >= 11 is 3.38. The number of halogens is 1. The van der Waals surface area contributed by atoms with Gasteiger partial charge < -0.3 is 15.0 Å². The third-order valence-corrected chi connectivity index (χ3v) is 9.82. The van der Waals surface area contributed by atoms with Gasteiger partial charge in [-0.25, -0.2) is 8.42 Å². The average Bonchev–Trinajstić information content (AvgIpc) is 3.02. The molecule has 0 unspecified atom stereocenters. The van der Waals surface area contributed by atoms with Gasteiger partial charge in [0.15, 0.2) is 0 Å². The van der Waals surface area contributed by atoms with Crippen LogP contribution in [0.2, 0.25) is 0 Å². The summed E-state index contributed by atoms with van der Waals surface area (Å²) in [6.07, 6.45) is 0.251. The molecule has 8 nitrogen and oxygen atoms in total. The van der Waals surface area contributed by atoms with Crippen LogP contribution in [0.1, 0.15) is 22.3 Å². The normalized spacial score (nSPS) is 11.8. The van der Waals surface area contributed by atoms with Crippen molar-refractivity contribution in [2.24, 2.45) is 0 Å². The van der Waals surface area contributed by atoms with Crippen molar-refractivity contribution in [3.8, 4) is 5.75 Å². The number of sulfonamides is 1. The Morgan fingerprint density at radius 2 is 1.57 bits per heavy atom. The van der Waals surface area contributed by atoms with Crippen molar-refractivity contribution in [3.63, 3.8) is 0 Å². The highest BCUT2D eigenvalue weighted by molar-refractivity contribution is 9.10. The zero-order chi connectivity index (χ0) is 31.9. The molecule has 0 aromatic heterocycles. The van der Waals surface area contributed by atoms with Gasteiger partial charge in [-0.15, -0.1) is 0 Å². The largest absolute Gasteiger partial charge is 0.496 e. The quantitative estimate of drug-likeness (QED) is 0.209. The lowest BCUT2D eigenvalue weighted by atomic mass is 10.0. The summed E-state index contributed by atoms with van der Waals surface area (Å²) in [7, 11) is -1.21. The van der Waals surface area contributed by atoms with Crippen LogP contribution in [0.25, 0.3) is 0 Å². The van der Waals surface area contributed by atoms with Crippen LogP contribution in [0.15, 0.2) is 106 Å². The minimum Gasteiger partial charge on any atom is -0.496 e. The molecule has 0 bridgehead atoms. The molecule has 10 heteroatoms. The van der Waals surface area contributed by atoms with Crippen LogP contribution in [0.3, 0.4) is 0 Å². The van der Waals surface area contributed by atoms with Gasteiger partial charge in [-0.3, -0.25) is 13.9 Å². The molecule has 0 aliphatic rings. The van der Waals surface area contributed by atoms with Gasteiger partial charge in [0, 0.05) is 20.0 Å². The molecule has 1 atom stereocenters. The van der Waals surface area contributed by atoms with Crippen LogP contribution >= 0.6 is 15.9 Å². The number of benzene rings is 4. The SMILES string of the molecule is CNC(=O)[C@H](Cc1ccccc1)N(Cc1ccccc1C)C(=O)CN(c1ccc(C)cc1)S(=O)(=O)c1ccc(OC)c(Br)c1. The van der Waals surface area contributed by atoms with E-state index in [9.17, 15) is 18.0 Å². The monoisotopic (exact) mass is 677 g/mol. The zero-order valence-electron chi connectivity index (χ0n) is 25.2. The van der Waals surface area contributed by atoms with Crippen molar-refractivity contribution >= 4 is 43.5 Å². The third-order valence-electron chi connectivity index (χ3n) is 7.43. The van der Waals surface area contributed by atoms with Crippen LogP contribution in [0.5, 0.6) is 5.75 Å². The Hall–Kier alpha value is -4.15. The number of likely N-dealkylation sites (N-methyl/N-ethyl adjacent to an activating group) is 1. The molecule has 0 saturated heterocycles. The van der Waals surface area contributed by atoms with Gasteiger partial charge in [0.25, 0.3) is 10.0 Å². The average molecular weight is 679 g/mol. The van der Waals surface area contributed by atoms with E-state index in [-0.39, 0.29) is 23.8 Å². The Kier molecular flexibility index (Phi) is 10.8. The van der Waals surface area contributed by atoms with E-state index in [4.69, 9.17) is 4.74 Å². The van der Waals surface area contributed by atoms with Crippen molar-refractivity contribution in [1.29, 1.82) is 0 Å². The maximum atomic E-state index is 14.4. The summed E-state index contributed by atoms with van der Waals surface area (Å²) in [5, 5.41) is 2.70. The first-order valence-electron chi connectivity index (χ1n) is 14.1. The third kappa shape index (κ3) is 7.67. The second-order valence-electron chi connectivity index (χ2n) is 10.4. The minimum absolute atomic E-state index is 0.0175. The highest BCUT2D eigenvalue weighted by Crippen LogP contribution is 2.31. The maximum Gasteiger partial charge on any atom is 0.264 e. The van der Waals surface area contributed by atoms with Gasteiger partial charge in [0.05, 0.1) is 22.2 Å². The fourth-order valence-corrected chi connectivity index (χ4v) is 7.00. The van der Waals surface area contributed by atoms with Gasteiger partial charge in [-0.2, -0.15) is 0 Å². The molecule has 44 heavy (non-hydrogen) atoms. The lowest BCUT2D eigenvalue weighted by Crippen LogP contribution is -2.53. The van der Waals surface area contributed by atoms with Crippen molar-refractivity contribution in [2.75, 3.05) is 25.0 Å². The summed E-state index contributed by atoms with van der Waals surface area (Å²) in [5.74, 6) is -0.394. The molecule has 0 radical (unpaired) electrons. The number of carbonyl (C=O) groups is 2. The maximum absolute atomic E-state index is 14.4. The lowest BCUT2D eigenvalue weighted by Gasteiger charge is -2.34. The molecule has 4 aromatic rings. The number of hydrogen-bond acceptors (Lipinski definition) is 5. The number of amides is 2. The van der Waals surface area contributed by atoms with Crippen LogP contribution in [0, 0.1) is 13.8 Å². The molecule has 0 aliphatic carbocycles. The predicted octanol–water partition coefficient (Wildman–Crippen LogP) is 5.66. The molecule has 0 aliphatic heterocycles. The summed E-state index contributed by atoms with van der Waals surface area (Å²) in [4.78, 5) is 29.3. The van der Waals surface area contributed by atoms with Crippen LogP contribution < -0.4 is 14.4 Å². The number of methoxy groups -OCH3 is 1. The van der Waals surface area contributed by atoms with Crippen molar-refractivity contribution in [3.05, 3.63) is 124 Å². The van der Waals surface area contributed by atoms with E-state index < -0.39 is 28.5 Å². The van der Waals surface area contributed by atoms with E-state index in [2.05, 4.69) is 21.2 Å². The first kappa shape index (κ1) is 32.8. The first-order chi connectivity index (χ1) is 21.0. The number of aryl methyl sites for hydroxylation is 2. The number of nitrogens with one attached hydrogen (secondary N) is 1. The minimum atomic E-state index is -4.23. The molecule has 4 aromatic carbocycles. The molecule has 230 valence electrons. The number of anilines is 1. The van der Waals surface area contributed by atoms with E-state index in [0.29, 0.717) is 15.9 Å². The summed E-state index contributed by atoms with van der Waals surface area (Å²) < 4.78 is 35.3. The second kappa shape index (κ2) is 14.5. The fraction of sp³-hybridized carbons (Fsp3) is 0.235. The topological polar surface area (TPSA) is 96.0 Å². The van der Waals surface area contributed by atoms with Crippen LogP contribution in [0.4, 0.5) is 5.69 Å². The van der Waals surface area contributed by atoms with Gasteiger partial charge in [0.1, 0.15) is 18.3 Å². The van der Waals surface area contributed by atoms with E-state index in [1.165, 1.54) is 31.2 Å². The standard InChI is InChI=1S/C34H36BrN3O5S/c1-24-14-16-28(17-15-24)38(44(41,42)29-18-19-32(43-4)30(35)21-29)23-33(39)37(22-27-13-9-8-10-25(27)2)31(34(40)36-3)20-26-11-6-5-7-12-26/h5-19,21,31H,20,22-23H2,1-4H3,(H,36,40)/t31-/m0/s1. The molecule has 1 N–H and O–H groups in total. The Bertz CT molecular complexity index is 1710. The molecular weight excluding hydrogens is 642 g/mol. The molecule has 2 amide bonds. The smallest absolute Gasteiger partial charge is 0.264 e.